The number of urea groups is 1. The fourth-order valence-corrected chi connectivity index (χ4v) is 2.51. The molecule has 8 nitrogen and oxygen atoms in total. The summed E-state index contributed by atoms with van der Waals surface area (Å²) in [4.78, 5) is 14.0. The van der Waals surface area contributed by atoms with Gasteiger partial charge in [0.1, 0.15) is 5.82 Å². The third kappa shape index (κ3) is 5.28. The molecule has 0 saturated carbocycles. The molecule has 2 aromatic rings. The Hall–Kier alpha value is -2.94. The molecule has 0 atom stereocenters. The molecule has 1 aliphatic rings. The van der Waals surface area contributed by atoms with E-state index in [4.69, 9.17) is 4.74 Å². The molecule has 1 fully saturated rings. The van der Waals surface area contributed by atoms with Crippen molar-refractivity contribution in [1.82, 2.24) is 15.5 Å². The Morgan fingerprint density at radius 2 is 1.96 bits per heavy atom. The number of amides is 2. The van der Waals surface area contributed by atoms with E-state index in [1.54, 1.807) is 6.20 Å². The number of rotatable bonds is 6. The summed E-state index contributed by atoms with van der Waals surface area (Å²) in [6, 6.07) is 7.15. The van der Waals surface area contributed by atoms with E-state index >= 15 is 0 Å². The molecule has 26 heavy (non-hydrogen) atoms. The second-order valence-electron chi connectivity index (χ2n) is 5.71. The standard InChI is InChI=1S/C17H21FN6O2/c18-13-1-3-14(4-2-13)22-17(25)20-6-5-19-16-11-15(12-21-23-16)24-7-9-26-10-8-24/h1-4,11-12H,5-10H2,(H,19,23)(H2,20,22,25). The Morgan fingerprint density at radius 3 is 2.73 bits per heavy atom. The van der Waals surface area contributed by atoms with Crippen molar-refractivity contribution in [3.8, 4) is 0 Å². The number of aromatic nitrogens is 2. The molecule has 0 bridgehead atoms. The minimum absolute atomic E-state index is 0.347. The molecule has 0 aliphatic carbocycles. The van der Waals surface area contributed by atoms with Crippen LogP contribution < -0.4 is 20.9 Å². The van der Waals surface area contributed by atoms with E-state index in [0.29, 0.717) is 37.8 Å². The number of anilines is 3. The molecule has 2 amide bonds. The Bertz CT molecular complexity index is 721. The van der Waals surface area contributed by atoms with Crippen LogP contribution >= 0.6 is 0 Å². The van der Waals surface area contributed by atoms with Crippen LogP contribution in [-0.2, 0) is 4.74 Å². The fraction of sp³-hybridized carbons (Fsp3) is 0.353. The lowest BCUT2D eigenvalue weighted by Gasteiger charge is -2.28. The molecule has 2 heterocycles. The number of carbonyl (C=O) groups excluding carboxylic acids is 1. The average molecular weight is 360 g/mol. The molecule has 3 rings (SSSR count). The number of ether oxygens (including phenoxy) is 1. The van der Waals surface area contributed by atoms with Gasteiger partial charge in [0.2, 0.25) is 0 Å². The smallest absolute Gasteiger partial charge is 0.319 e. The minimum Gasteiger partial charge on any atom is -0.378 e. The van der Waals surface area contributed by atoms with Gasteiger partial charge in [-0.1, -0.05) is 0 Å². The predicted octanol–water partition coefficient (Wildman–Crippen LogP) is 1.69. The van der Waals surface area contributed by atoms with Crippen LogP contribution in [0.25, 0.3) is 0 Å². The molecule has 1 aliphatic heterocycles. The van der Waals surface area contributed by atoms with Gasteiger partial charge in [-0.2, -0.15) is 5.10 Å². The van der Waals surface area contributed by atoms with Crippen LogP contribution in [0.2, 0.25) is 0 Å². The Kier molecular flexibility index (Phi) is 6.15. The number of halogens is 1. The zero-order valence-electron chi connectivity index (χ0n) is 14.2. The van der Waals surface area contributed by atoms with Gasteiger partial charge in [0.15, 0.2) is 5.82 Å². The van der Waals surface area contributed by atoms with Crippen LogP contribution in [0.15, 0.2) is 36.5 Å². The van der Waals surface area contributed by atoms with Gasteiger partial charge in [0, 0.05) is 37.9 Å². The van der Waals surface area contributed by atoms with Crippen LogP contribution in [0.5, 0.6) is 0 Å². The van der Waals surface area contributed by atoms with Crippen molar-refractivity contribution >= 4 is 23.2 Å². The van der Waals surface area contributed by atoms with E-state index in [2.05, 4.69) is 31.0 Å². The van der Waals surface area contributed by atoms with Gasteiger partial charge in [-0.3, -0.25) is 0 Å². The lowest BCUT2D eigenvalue weighted by molar-refractivity contribution is 0.122. The predicted molar refractivity (Wildman–Crippen MR) is 97.0 cm³/mol. The van der Waals surface area contributed by atoms with Crippen molar-refractivity contribution in [3.05, 3.63) is 42.3 Å². The maximum atomic E-state index is 12.8. The summed E-state index contributed by atoms with van der Waals surface area (Å²) in [5.41, 5.74) is 1.52. The first kappa shape index (κ1) is 17.9. The zero-order chi connectivity index (χ0) is 18.2. The highest BCUT2D eigenvalue weighted by Gasteiger charge is 2.12. The maximum absolute atomic E-state index is 12.8. The summed E-state index contributed by atoms with van der Waals surface area (Å²) in [5, 5.41) is 16.5. The summed E-state index contributed by atoms with van der Waals surface area (Å²) in [7, 11) is 0. The second-order valence-corrected chi connectivity index (χ2v) is 5.71. The summed E-state index contributed by atoms with van der Waals surface area (Å²) < 4.78 is 18.2. The van der Waals surface area contributed by atoms with Crippen LogP contribution in [0.1, 0.15) is 0 Å². The Morgan fingerprint density at radius 1 is 1.19 bits per heavy atom. The number of hydrogen-bond acceptors (Lipinski definition) is 6. The van der Waals surface area contributed by atoms with Gasteiger partial charge >= 0.3 is 6.03 Å². The van der Waals surface area contributed by atoms with Crippen LogP contribution in [0.4, 0.5) is 26.4 Å². The first-order valence-corrected chi connectivity index (χ1v) is 8.40. The van der Waals surface area contributed by atoms with E-state index in [1.165, 1.54) is 24.3 Å². The molecule has 0 radical (unpaired) electrons. The number of nitrogens with one attached hydrogen (secondary N) is 3. The Balaban J connectivity index is 1.40. The molecule has 1 aromatic carbocycles. The maximum Gasteiger partial charge on any atom is 0.319 e. The van der Waals surface area contributed by atoms with Crippen molar-refractivity contribution < 1.29 is 13.9 Å². The highest BCUT2D eigenvalue weighted by molar-refractivity contribution is 5.89. The summed E-state index contributed by atoms with van der Waals surface area (Å²) in [5.74, 6) is 0.301. The number of benzene rings is 1. The van der Waals surface area contributed by atoms with Crippen molar-refractivity contribution in [1.29, 1.82) is 0 Å². The summed E-state index contributed by atoms with van der Waals surface area (Å²) in [6.07, 6.45) is 1.73. The molecule has 3 N–H and O–H groups in total. The summed E-state index contributed by atoms with van der Waals surface area (Å²) >= 11 is 0. The Labute approximate surface area is 150 Å². The van der Waals surface area contributed by atoms with Crippen molar-refractivity contribution in [2.45, 2.75) is 0 Å². The van der Waals surface area contributed by atoms with E-state index in [-0.39, 0.29) is 11.8 Å². The minimum atomic E-state index is -0.355. The van der Waals surface area contributed by atoms with Gasteiger partial charge in [-0.15, -0.1) is 5.10 Å². The number of nitrogens with zero attached hydrogens (tertiary/aromatic N) is 3. The van der Waals surface area contributed by atoms with E-state index in [9.17, 15) is 9.18 Å². The molecular formula is C17H21FN6O2. The number of hydrogen-bond donors (Lipinski definition) is 3. The number of morpholine rings is 1. The van der Waals surface area contributed by atoms with Crippen LogP contribution in [-0.4, -0.2) is 55.6 Å². The quantitative estimate of drug-likeness (QED) is 0.679. The molecule has 1 aromatic heterocycles. The average Bonchev–Trinajstić information content (AvgIpc) is 2.68. The first-order valence-electron chi connectivity index (χ1n) is 8.40. The highest BCUT2D eigenvalue weighted by Crippen LogP contribution is 2.16. The van der Waals surface area contributed by atoms with E-state index < -0.39 is 0 Å². The molecule has 9 heteroatoms. The largest absolute Gasteiger partial charge is 0.378 e. The third-order valence-electron chi connectivity index (χ3n) is 3.84. The summed E-state index contributed by atoms with van der Waals surface area (Å²) in [6.45, 7) is 3.97. The normalized spacial score (nSPS) is 14.0. The molecular weight excluding hydrogens is 339 g/mol. The van der Waals surface area contributed by atoms with Crippen molar-refractivity contribution in [2.75, 3.05) is 54.9 Å². The van der Waals surface area contributed by atoms with Gasteiger partial charge in [0.25, 0.3) is 0 Å². The fourth-order valence-electron chi connectivity index (χ4n) is 2.51. The molecule has 0 spiro atoms. The monoisotopic (exact) mass is 360 g/mol. The van der Waals surface area contributed by atoms with Gasteiger partial charge < -0.3 is 25.6 Å². The van der Waals surface area contributed by atoms with Gasteiger partial charge in [-0.05, 0) is 24.3 Å². The molecule has 138 valence electrons. The zero-order valence-corrected chi connectivity index (χ0v) is 14.2. The molecule has 1 saturated heterocycles. The van der Waals surface area contributed by atoms with Gasteiger partial charge in [0.05, 0.1) is 25.1 Å². The van der Waals surface area contributed by atoms with E-state index in [1.807, 2.05) is 6.07 Å². The number of carbonyl (C=O) groups is 1. The lowest BCUT2D eigenvalue weighted by atomic mass is 10.3. The molecule has 0 unspecified atom stereocenters. The topological polar surface area (TPSA) is 91.4 Å². The van der Waals surface area contributed by atoms with Crippen LogP contribution in [0.3, 0.4) is 0 Å². The van der Waals surface area contributed by atoms with Gasteiger partial charge in [-0.25, -0.2) is 9.18 Å². The second kappa shape index (κ2) is 8.95. The van der Waals surface area contributed by atoms with Crippen molar-refractivity contribution in [3.63, 3.8) is 0 Å². The van der Waals surface area contributed by atoms with E-state index in [0.717, 1.165) is 18.8 Å². The lowest BCUT2D eigenvalue weighted by Crippen LogP contribution is -2.36. The SMILES string of the molecule is O=C(NCCNc1cc(N2CCOCC2)cnn1)Nc1ccc(F)cc1. The van der Waals surface area contributed by atoms with Crippen molar-refractivity contribution in [2.24, 2.45) is 0 Å². The highest BCUT2D eigenvalue weighted by atomic mass is 19.1. The van der Waals surface area contributed by atoms with Crippen LogP contribution in [0, 0.1) is 5.82 Å². The third-order valence-corrected chi connectivity index (χ3v) is 3.84. The first-order chi connectivity index (χ1) is 12.7.